The summed E-state index contributed by atoms with van der Waals surface area (Å²) in [4.78, 5) is 17.2. The molecule has 0 unspecified atom stereocenters. The first-order chi connectivity index (χ1) is 12.7. The second-order valence-corrected chi connectivity index (χ2v) is 5.65. The van der Waals surface area contributed by atoms with Crippen LogP contribution in [0.4, 0.5) is 10.3 Å². The number of nitrogens with zero attached hydrogens (tertiary/aromatic N) is 3. The van der Waals surface area contributed by atoms with Gasteiger partial charge in [-0.05, 0) is 24.6 Å². The van der Waals surface area contributed by atoms with E-state index in [1.165, 1.54) is 16.8 Å². The molecular formula is C19H19FN4O2. The molecule has 3 aromatic rings. The van der Waals surface area contributed by atoms with Gasteiger partial charge in [0.15, 0.2) is 0 Å². The normalized spacial score (nSPS) is 11.3. The molecule has 0 atom stereocenters. The molecule has 6 nitrogen and oxygen atoms in total. The van der Waals surface area contributed by atoms with Gasteiger partial charge in [-0.15, -0.1) is 0 Å². The third-order valence-corrected chi connectivity index (χ3v) is 3.87. The zero-order valence-corrected chi connectivity index (χ0v) is 14.4. The molecule has 0 fully saturated rings. The van der Waals surface area contributed by atoms with Crippen molar-refractivity contribution in [3.8, 4) is 0 Å². The first kappa shape index (κ1) is 17.8. The highest BCUT2D eigenvalue weighted by atomic mass is 19.1. The van der Waals surface area contributed by atoms with Crippen LogP contribution in [0.2, 0.25) is 0 Å². The average Bonchev–Trinajstić information content (AvgIpc) is 2.66. The number of halogens is 1. The number of para-hydroxylation sites is 1. The lowest BCUT2D eigenvalue weighted by Crippen LogP contribution is -2.25. The van der Waals surface area contributed by atoms with Gasteiger partial charge < -0.3 is 4.74 Å². The zero-order valence-electron chi connectivity index (χ0n) is 14.4. The maximum Gasteiger partial charge on any atom is 0.262 e. The highest BCUT2D eigenvalue weighted by Gasteiger charge is 2.10. The summed E-state index contributed by atoms with van der Waals surface area (Å²) in [6.07, 6.45) is 2.01. The lowest BCUT2D eigenvalue weighted by Gasteiger charge is -2.12. The predicted molar refractivity (Wildman–Crippen MR) is 100 cm³/mol. The molecule has 7 heteroatoms. The molecule has 0 spiro atoms. The number of methoxy groups -OCH3 is 1. The molecule has 1 heterocycles. The Morgan fingerprint density at radius 3 is 2.81 bits per heavy atom. The van der Waals surface area contributed by atoms with E-state index in [-0.39, 0.29) is 11.4 Å². The van der Waals surface area contributed by atoms with E-state index in [1.807, 2.05) is 6.07 Å². The number of rotatable bonds is 7. The first-order valence-corrected chi connectivity index (χ1v) is 8.23. The van der Waals surface area contributed by atoms with Crippen molar-refractivity contribution in [2.24, 2.45) is 5.10 Å². The monoisotopic (exact) mass is 354 g/mol. The molecule has 0 aliphatic rings. The minimum Gasteiger partial charge on any atom is -0.385 e. The molecule has 0 amide bonds. The van der Waals surface area contributed by atoms with Crippen LogP contribution in [0.5, 0.6) is 0 Å². The van der Waals surface area contributed by atoms with Crippen LogP contribution in [0.1, 0.15) is 12.0 Å². The van der Waals surface area contributed by atoms with Gasteiger partial charge >= 0.3 is 0 Å². The van der Waals surface area contributed by atoms with Crippen molar-refractivity contribution in [1.82, 2.24) is 9.55 Å². The van der Waals surface area contributed by atoms with E-state index in [1.54, 1.807) is 43.5 Å². The van der Waals surface area contributed by atoms with Crippen molar-refractivity contribution in [1.29, 1.82) is 0 Å². The number of ether oxygens (including phenoxy) is 1. The van der Waals surface area contributed by atoms with Crippen LogP contribution in [0.3, 0.4) is 0 Å². The Labute approximate surface area is 150 Å². The van der Waals surface area contributed by atoms with Gasteiger partial charge in [0.2, 0.25) is 5.95 Å². The Morgan fingerprint density at radius 2 is 2.00 bits per heavy atom. The van der Waals surface area contributed by atoms with E-state index in [4.69, 9.17) is 4.74 Å². The summed E-state index contributed by atoms with van der Waals surface area (Å²) in [5.41, 5.74) is 3.52. The van der Waals surface area contributed by atoms with Gasteiger partial charge in [0.1, 0.15) is 5.82 Å². The molecule has 0 saturated carbocycles. The van der Waals surface area contributed by atoms with Gasteiger partial charge in [0, 0.05) is 25.8 Å². The number of benzene rings is 2. The Kier molecular flexibility index (Phi) is 5.70. The molecule has 3 rings (SSSR count). The molecule has 0 bridgehead atoms. The Hall–Kier alpha value is -3.06. The maximum atomic E-state index is 13.7. The van der Waals surface area contributed by atoms with E-state index in [0.29, 0.717) is 42.0 Å². The topological polar surface area (TPSA) is 68.5 Å². The van der Waals surface area contributed by atoms with E-state index in [9.17, 15) is 9.18 Å². The van der Waals surface area contributed by atoms with Gasteiger partial charge in [-0.3, -0.25) is 9.36 Å². The van der Waals surface area contributed by atoms with Crippen molar-refractivity contribution in [2.75, 3.05) is 19.1 Å². The Morgan fingerprint density at radius 1 is 1.23 bits per heavy atom. The standard InChI is InChI=1S/C19H19FN4O2/c1-26-12-6-11-24-18(25)15-8-3-5-10-17(15)22-19(24)23-21-13-14-7-2-4-9-16(14)20/h2-5,7-10,13H,6,11-12H2,1H3,(H,22,23)/b21-13-. The molecule has 26 heavy (non-hydrogen) atoms. The van der Waals surface area contributed by atoms with Crippen molar-refractivity contribution in [3.63, 3.8) is 0 Å². The average molecular weight is 354 g/mol. The molecule has 2 aromatic carbocycles. The van der Waals surface area contributed by atoms with Crippen LogP contribution in [0.25, 0.3) is 10.9 Å². The van der Waals surface area contributed by atoms with Gasteiger partial charge in [-0.25, -0.2) is 14.8 Å². The summed E-state index contributed by atoms with van der Waals surface area (Å²) in [5.74, 6) is -0.0700. The molecule has 1 N–H and O–H groups in total. The summed E-state index contributed by atoms with van der Waals surface area (Å²) >= 11 is 0. The molecule has 1 aromatic heterocycles. The van der Waals surface area contributed by atoms with E-state index < -0.39 is 0 Å². The van der Waals surface area contributed by atoms with Crippen LogP contribution >= 0.6 is 0 Å². The van der Waals surface area contributed by atoms with Crippen molar-refractivity contribution < 1.29 is 9.13 Å². The van der Waals surface area contributed by atoms with Crippen LogP contribution < -0.4 is 11.0 Å². The fourth-order valence-electron chi connectivity index (χ4n) is 2.57. The van der Waals surface area contributed by atoms with Crippen LogP contribution in [-0.4, -0.2) is 29.5 Å². The van der Waals surface area contributed by atoms with Crippen LogP contribution in [-0.2, 0) is 11.3 Å². The molecule has 0 radical (unpaired) electrons. The summed E-state index contributed by atoms with van der Waals surface area (Å²) in [7, 11) is 1.61. The molecular weight excluding hydrogens is 335 g/mol. The second-order valence-electron chi connectivity index (χ2n) is 5.65. The summed E-state index contributed by atoms with van der Waals surface area (Å²) in [6.45, 7) is 0.958. The summed E-state index contributed by atoms with van der Waals surface area (Å²) in [6, 6.07) is 13.4. The lowest BCUT2D eigenvalue weighted by atomic mass is 10.2. The van der Waals surface area contributed by atoms with Crippen LogP contribution in [0, 0.1) is 5.82 Å². The number of anilines is 1. The molecule has 134 valence electrons. The smallest absolute Gasteiger partial charge is 0.262 e. The molecule has 0 aliphatic carbocycles. The van der Waals surface area contributed by atoms with Crippen molar-refractivity contribution in [3.05, 3.63) is 70.3 Å². The minimum absolute atomic E-state index is 0.157. The van der Waals surface area contributed by atoms with E-state index in [0.717, 1.165) is 0 Å². The number of hydrazone groups is 1. The highest BCUT2D eigenvalue weighted by molar-refractivity contribution is 5.81. The largest absolute Gasteiger partial charge is 0.385 e. The van der Waals surface area contributed by atoms with Gasteiger partial charge in [0.05, 0.1) is 17.1 Å². The maximum absolute atomic E-state index is 13.7. The van der Waals surface area contributed by atoms with Gasteiger partial charge in [-0.1, -0.05) is 30.3 Å². The van der Waals surface area contributed by atoms with E-state index >= 15 is 0 Å². The van der Waals surface area contributed by atoms with Crippen LogP contribution in [0.15, 0.2) is 58.4 Å². The molecule has 0 aliphatic heterocycles. The van der Waals surface area contributed by atoms with E-state index in [2.05, 4.69) is 15.5 Å². The fraction of sp³-hybridized carbons (Fsp3) is 0.211. The zero-order chi connectivity index (χ0) is 18.4. The Bertz CT molecular complexity index is 985. The highest BCUT2D eigenvalue weighted by Crippen LogP contribution is 2.12. The number of hydrogen-bond donors (Lipinski definition) is 1. The number of hydrogen-bond acceptors (Lipinski definition) is 5. The number of nitrogens with one attached hydrogen (secondary N) is 1. The Balaban J connectivity index is 1.93. The lowest BCUT2D eigenvalue weighted by molar-refractivity contribution is 0.190. The SMILES string of the molecule is COCCCn1c(N/N=C\c2ccccc2F)nc2ccccc2c1=O. The third-order valence-electron chi connectivity index (χ3n) is 3.87. The minimum atomic E-state index is -0.373. The van der Waals surface area contributed by atoms with Gasteiger partial charge in [-0.2, -0.15) is 5.10 Å². The summed E-state index contributed by atoms with van der Waals surface area (Å²) < 4.78 is 20.2. The third kappa shape index (κ3) is 3.94. The van der Waals surface area contributed by atoms with Crippen molar-refractivity contribution >= 4 is 23.1 Å². The van der Waals surface area contributed by atoms with Crippen molar-refractivity contribution in [2.45, 2.75) is 13.0 Å². The number of aromatic nitrogens is 2. The summed E-state index contributed by atoms with van der Waals surface area (Å²) in [5, 5.41) is 4.58. The van der Waals surface area contributed by atoms with Gasteiger partial charge in [0.25, 0.3) is 5.56 Å². The quantitative estimate of drug-likeness (QED) is 0.402. The molecule has 0 saturated heterocycles. The first-order valence-electron chi connectivity index (χ1n) is 8.23. The second kappa shape index (κ2) is 8.35. The number of fused-ring (bicyclic) bond motifs is 1. The fourth-order valence-corrected chi connectivity index (χ4v) is 2.57. The predicted octanol–water partition coefficient (Wildman–Crippen LogP) is 3.02.